The van der Waals surface area contributed by atoms with Gasteiger partial charge in [0.1, 0.15) is 5.75 Å². The van der Waals surface area contributed by atoms with Gasteiger partial charge in [0.05, 0.1) is 19.8 Å². The van der Waals surface area contributed by atoms with Gasteiger partial charge in [-0.2, -0.15) is 8.78 Å². The van der Waals surface area contributed by atoms with Crippen molar-refractivity contribution in [1.29, 1.82) is 0 Å². The van der Waals surface area contributed by atoms with Crippen molar-refractivity contribution in [3.8, 4) is 5.75 Å². The van der Waals surface area contributed by atoms with Crippen molar-refractivity contribution in [2.45, 2.75) is 13.2 Å². The molecule has 0 atom stereocenters. The van der Waals surface area contributed by atoms with Crippen LogP contribution < -0.4 is 10.5 Å². The smallest absolute Gasteiger partial charge is 0.387 e. The first-order valence-corrected chi connectivity index (χ1v) is 6.32. The number of rotatable bonds is 4. The van der Waals surface area contributed by atoms with Gasteiger partial charge in [-0.15, -0.1) is 24.0 Å². The number of hydrogen-bond acceptors (Lipinski definition) is 3. The molecular formula is C13H18F2IN3O2. The molecule has 21 heavy (non-hydrogen) atoms. The third kappa shape index (κ3) is 5.62. The van der Waals surface area contributed by atoms with Gasteiger partial charge in [0.25, 0.3) is 0 Å². The first kappa shape index (κ1) is 17.9. The van der Waals surface area contributed by atoms with Crippen molar-refractivity contribution in [2.75, 3.05) is 26.3 Å². The molecule has 5 nitrogen and oxygen atoms in total. The van der Waals surface area contributed by atoms with Gasteiger partial charge in [0, 0.05) is 18.7 Å². The van der Waals surface area contributed by atoms with Gasteiger partial charge in [-0.25, -0.2) is 4.99 Å². The van der Waals surface area contributed by atoms with Gasteiger partial charge in [0.2, 0.25) is 0 Å². The number of para-hydroxylation sites is 1. The summed E-state index contributed by atoms with van der Waals surface area (Å²) in [6.07, 6.45) is 0. The largest absolute Gasteiger partial charge is 0.434 e. The number of morpholine rings is 1. The summed E-state index contributed by atoms with van der Waals surface area (Å²) in [6.45, 7) is -0.0549. The fourth-order valence-corrected chi connectivity index (χ4v) is 1.90. The van der Waals surface area contributed by atoms with E-state index in [1.54, 1.807) is 18.2 Å². The average molecular weight is 413 g/mol. The van der Waals surface area contributed by atoms with E-state index >= 15 is 0 Å². The van der Waals surface area contributed by atoms with Crippen LogP contribution in [0.25, 0.3) is 0 Å². The second-order valence-electron chi connectivity index (χ2n) is 4.26. The molecule has 0 bridgehead atoms. The number of ether oxygens (including phenoxy) is 2. The van der Waals surface area contributed by atoms with Gasteiger partial charge in [-0.3, -0.25) is 0 Å². The number of alkyl halides is 2. The molecule has 2 N–H and O–H groups in total. The summed E-state index contributed by atoms with van der Waals surface area (Å²) >= 11 is 0. The molecule has 118 valence electrons. The number of aliphatic imine (C=N–C) groups is 1. The molecule has 0 saturated carbocycles. The van der Waals surface area contributed by atoms with E-state index in [-0.39, 0.29) is 36.3 Å². The molecule has 1 heterocycles. The Morgan fingerprint density at radius 2 is 2.00 bits per heavy atom. The second kappa shape index (κ2) is 8.98. The maximum absolute atomic E-state index is 12.3. The van der Waals surface area contributed by atoms with E-state index in [1.165, 1.54) is 6.07 Å². The van der Waals surface area contributed by atoms with E-state index < -0.39 is 6.61 Å². The molecule has 0 unspecified atom stereocenters. The van der Waals surface area contributed by atoms with E-state index in [0.29, 0.717) is 37.8 Å². The van der Waals surface area contributed by atoms with E-state index in [9.17, 15) is 8.78 Å². The molecule has 2 rings (SSSR count). The van der Waals surface area contributed by atoms with Crippen molar-refractivity contribution in [3.63, 3.8) is 0 Å². The monoisotopic (exact) mass is 413 g/mol. The lowest BCUT2D eigenvalue weighted by atomic mass is 10.2. The standard InChI is InChI=1S/C13H17F2N3O2.HI/c14-12(15)20-11-4-2-1-3-10(11)9-17-13(16)18-5-7-19-8-6-18;/h1-4,12H,5-9H2,(H2,16,17);1H. The summed E-state index contributed by atoms with van der Waals surface area (Å²) in [5, 5.41) is 0. The van der Waals surface area contributed by atoms with Crippen LogP contribution in [0.5, 0.6) is 5.75 Å². The van der Waals surface area contributed by atoms with Crippen LogP contribution >= 0.6 is 24.0 Å². The Morgan fingerprint density at radius 3 is 2.67 bits per heavy atom. The predicted octanol–water partition coefficient (Wildman–Crippen LogP) is 2.05. The summed E-state index contributed by atoms with van der Waals surface area (Å²) in [7, 11) is 0. The highest BCUT2D eigenvalue weighted by Gasteiger charge is 2.13. The number of hydrogen-bond donors (Lipinski definition) is 1. The molecule has 1 fully saturated rings. The Bertz CT molecular complexity index is 468. The minimum atomic E-state index is -2.85. The minimum absolute atomic E-state index is 0. The van der Waals surface area contributed by atoms with Gasteiger partial charge in [-0.05, 0) is 6.07 Å². The Balaban J connectivity index is 0.00000220. The van der Waals surface area contributed by atoms with E-state index in [0.717, 1.165) is 0 Å². The third-order valence-electron chi connectivity index (χ3n) is 2.94. The third-order valence-corrected chi connectivity index (χ3v) is 2.94. The molecule has 1 aliphatic rings. The zero-order valence-electron chi connectivity index (χ0n) is 11.4. The Kier molecular flexibility index (Phi) is 7.65. The molecule has 0 radical (unpaired) electrons. The summed E-state index contributed by atoms with van der Waals surface area (Å²) in [5.74, 6) is 0.515. The molecule has 8 heteroatoms. The van der Waals surface area contributed by atoms with Crippen LogP contribution in [0.2, 0.25) is 0 Å². The minimum Gasteiger partial charge on any atom is -0.434 e. The summed E-state index contributed by atoms with van der Waals surface area (Å²) in [4.78, 5) is 6.13. The molecule has 1 saturated heterocycles. The number of halogens is 3. The number of benzene rings is 1. The average Bonchev–Trinajstić information content (AvgIpc) is 2.46. The van der Waals surface area contributed by atoms with Crippen LogP contribution in [0.15, 0.2) is 29.3 Å². The van der Waals surface area contributed by atoms with Crippen LogP contribution in [0.1, 0.15) is 5.56 Å². The fourth-order valence-electron chi connectivity index (χ4n) is 1.90. The maximum atomic E-state index is 12.3. The highest BCUT2D eigenvalue weighted by molar-refractivity contribution is 14.0. The van der Waals surface area contributed by atoms with Gasteiger partial charge in [-0.1, -0.05) is 18.2 Å². The zero-order chi connectivity index (χ0) is 14.4. The highest BCUT2D eigenvalue weighted by atomic mass is 127. The normalized spacial score (nSPS) is 15.8. The Morgan fingerprint density at radius 1 is 1.33 bits per heavy atom. The Hall–Kier alpha value is -1.16. The molecule has 0 amide bonds. The first-order valence-electron chi connectivity index (χ1n) is 6.32. The van der Waals surface area contributed by atoms with E-state index in [1.807, 2.05) is 4.90 Å². The van der Waals surface area contributed by atoms with Crippen LogP contribution in [0, 0.1) is 0 Å². The van der Waals surface area contributed by atoms with Crippen LogP contribution in [-0.2, 0) is 11.3 Å². The summed E-state index contributed by atoms with van der Waals surface area (Å²) in [6, 6.07) is 6.56. The molecule has 0 spiro atoms. The lowest BCUT2D eigenvalue weighted by Crippen LogP contribution is -2.44. The summed E-state index contributed by atoms with van der Waals surface area (Å²) in [5.41, 5.74) is 6.45. The molecule has 0 aromatic heterocycles. The summed E-state index contributed by atoms with van der Waals surface area (Å²) < 4.78 is 34.2. The topological polar surface area (TPSA) is 60.1 Å². The van der Waals surface area contributed by atoms with Crippen LogP contribution in [0.4, 0.5) is 8.78 Å². The quantitative estimate of drug-likeness (QED) is 0.467. The van der Waals surface area contributed by atoms with E-state index in [2.05, 4.69) is 9.73 Å². The number of nitrogens with zero attached hydrogens (tertiary/aromatic N) is 2. The molecular weight excluding hydrogens is 395 g/mol. The lowest BCUT2D eigenvalue weighted by molar-refractivity contribution is -0.0504. The van der Waals surface area contributed by atoms with Crippen LogP contribution in [0.3, 0.4) is 0 Å². The van der Waals surface area contributed by atoms with Crippen molar-refractivity contribution >= 4 is 29.9 Å². The van der Waals surface area contributed by atoms with Crippen molar-refractivity contribution < 1.29 is 18.3 Å². The second-order valence-corrected chi connectivity index (χ2v) is 4.26. The first-order chi connectivity index (χ1) is 9.66. The van der Waals surface area contributed by atoms with Gasteiger partial charge >= 0.3 is 6.61 Å². The predicted molar refractivity (Wildman–Crippen MR) is 86.2 cm³/mol. The van der Waals surface area contributed by atoms with E-state index in [4.69, 9.17) is 10.5 Å². The fraction of sp³-hybridized carbons (Fsp3) is 0.462. The van der Waals surface area contributed by atoms with Crippen molar-refractivity contribution in [2.24, 2.45) is 10.7 Å². The zero-order valence-corrected chi connectivity index (χ0v) is 13.7. The Labute approximate surface area is 139 Å². The SMILES string of the molecule is I.NC(=NCc1ccccc1OC(F)F)N1CCOCC1. The molecule has 1 aromatic carbocycles. The van der Waals surface area contributed by atoms with Crippen molar-refractivity contribution in [3.05, 3.63) is 29.8 Å². The number of guanidine groups is 1. The van der Waals surface area contributed by atoms with Gasteiger partial charge in [0.15, 0.2) is 5.96 Å². The van der Waals surface area contributed by atoms with Crippen LogP contribution in [-0.4, -0.2) is 43.8 Å². The maximum Gasteiger partial charge on any atom is 0.387 e. The molecule has 1 aliphatic heterocycles. The lowest BCUT2D eigenvalue weighted by Gasteiger charge is -2.27. The van der Waals surface area contributed by atoms with Crippen molar-refractivity contribution in [1.82, 2.24) is 4.90 Å². The number of nitrogens with two attached hydrogens (primary N) is 1. The highest BCUT2D eigenvalue weighted by Crippen LogP contribution is 2.21. The molecule has 0 aliphatic carbocycles. The molecule has 1 aromatic rings. The van der Waals surface area contributed by atoms with Gasteiger partial charge < -0.3 is 20.1 Å².